The molecule has 25 heavy (non-hydrogen) atoms. The Labute approximate surface area is 156 Å². The quantitative estimate of drug-likeness (QED) is 0.365. The average molecular weight is 357 g/mol. The minimum absolute atomic E-state index is 0.373. The Morgan fingerprint density at radius 2 is 1.52 bits per heavy atom. The summed E-state index contributed by atoms with van der Waals surface area (Å²) in [5.41, 5.74) is 0. The number of hydrogen-bond donors (Lipinski definition) is 2. The third-order valence-corrected chi connectivity index (χ3v) is 5.14. The summed E-state index contributed by atoms with van der Waals surface area (Å²) in [5, 5.41) is 13.2. The Kier molecular flexibility index (Phi) is 15.8. The zero-order chi connectivity index (χ0) is 18.0. The van der Waals surface area contributed by atoms with Crippen molar-refractivity contribution < 1.29 is 9.84 Å². The van der Waals surface area contributed by atoms with E-state index in [2.05, 4.69) is 17.1 Å². The van der Waals surface area contributed by atoms with Gasteiger partial charge in [-0.1, -0.05) is 64.7 Å². The minimum Gasteiger partial charge on any atom is -0.389 e. The van der Waals surface area contributed by atoms with Crippen molar-refractivity contribution in [3.05, 3.63) is 0 Å². The van der Waals surface area contributed by atoms with Gasteiger partial charge in [-0.15, -0.1) is 0 Å². The van der Waals surface area contributed by atoms with Gasteiger partial charge in [0.25, 0.3) is 0 Å². The third kappa shape index (κ3) is 14.7. The van der Waals surface area contributed by atoms with Crippen LogP contribution < -0.4 is 5.32 Å². The summed E-state index contributed by atoms with van der Waals surface area (Å²) in [4.78, 5) is 2.49. The number of hydrogen-bond acceptors (Lipinski definition) is 4. The second-order valence-electron chi connectivity index (χ2n) is 7.66. The van der Waals surface area contributed by atoms with Gasteiger partial charge in [-0.05, 0) is 32.4 Å². The molecule has 0 aromatic heterocycles. The highest BCUT2D eigenvalue weighted by molar-refractivity contribution is 4.67. The maximum atomic E-state index is 9.90. The maximum absolute atomic E-state index is 9.90. The Bertz CT molecular complexity index is 271. The van der Waals surface area contributed by atoms with E-state index in [9.17, 15) is 5.11 Å². The van der Waals surface area contributed by atoms with Crippen molar-refractivity contribution in [3.63, 3.8) is 0 Å². The largest absolute Gasteiger partial charge is 0.389 e. The van der Waals surface area contributed by atoms with Gasteiger partial charge in [-0.25, -0.2) is 0 Å². The molecule has 1 rings (SSSR count). The van der Waals surface area contributed by atoms with E-state index in [1.54, 1.807) is 0 Å². The molecular formula is C21H44N2O2. The Morgan fingerprint density at radius 3 is 2.16 bits per heavy atom. The molecule has 0 saturated carbocycles. The number of nitrogens with zero attached hydrogens (tertiary/aromatic N) is 1. The predicted octanol–water partition coefficient (Wildman–Crippen LogP) is 3.97. The maximum Gasteiger partial charge on any atom is 0.0897 e. The van der Waals surface area contributed by atoms with Crippen molar-refractivity contribution in [1.29, 1.82) is 0 Å². The van der Waals surface area contributed by atoms with Crippen molar-refractivity contribution in [2.75, 3.05) is 45.9 Å². The first-order valence-corrected chi connectivity index (χ1v) is 11.0. The summed E-state index contributed by atoms with van der Waals surface area (Å²) < 4.78 is 5.60. The van der Waals surface area contributed by atoms with Crippen LogP contribution in [0.5, 0.6) is 0 Å². The van der Waals surface area contributed by atoms with Crippen molar-refractivity contribution in [3.8, 4) is 0 Å². The van der Waals surface area contributed by atoms with Gasteiger partial charge >= 0.3 is 0 Å². The minimum atomic E-state index is -0.373. The molecule has 150 valence electrons. The van der Waals surface area contributed by atoms with Crippen LogP contribution in [-0.4, -0.2) is 62.0 Å². The summed E-state index contributed by atoms with van der Waals surface area (Å²) in [6.07, 6.45) is 15.8. The van der Waals surface area contributed by atoms with E-state index in [1.165, 1.54) is 83.7 Å². The number of nitrogens with one attached hydrogen (secondary N) is 1. The Balaban J connectivity index is 1.72. The molecule has 0 aliphatic carbocycles. The Hall–Kier alpha value is -0.160. The lowest BCUT2D eigenvalue weighted by atomic mass is 10.1. The SMILES string of the molecule is CCCCCCCCCCCCOCC(O)CNCCN1CCCC1. The van der Waals surface area contributed by atoms with Gasteiger partial charge < -0.3 is 20.1 Å². The highest BCUT2D eigenvalue weighted by Gasteiger charge is 2.10. The number of ether oxygens (including phenoxy) is 1. The molecule has 0 radical (unpaired) electrons. The molecule has 0 aromatic carbocycles. The van der Waals surface area contributed by atoms with E-state index < -0.39 is 0 Å². The molecule has 1 aliphatic rings. The number of likely N-dealkylation sites (tertiary alicyclic amines) is 1. The standard InChI is InChI=1S/C21H44N2O2/c1-2-3-4-5-6-7-8-9-10-13-18-25-20-21(24)19-22-14-17-23-15-11-12-16-23/h21-22,24H,2-20H2,1H3. The molecule has 1 heterocycles. The molecular weight excluding hydrogens is 312 g/mol. The molecule has 0 amide bonds. The zero-order valence-corrected chi connectivity index (χ0v) is 16.8. The molecule has 1 fully saturated rings. The lowest BCUT2D eigenvalue weighted by Crippen LogP contribution is -2.35. The van der Waals surface area contributed by atoms with Gasteiger partial charge in [-0.2, -0.15) is 0 Å². The third-order valence-electron chi connectivity index (χ3n) is 5.14. The van der Waals surface area contributed by atoms with E-state index >= 15 is 0 Å². The molecule has 1 saturated heterocycles. The van der Waals surface area contributed by atoms with Crippen molar-refractivity contribution in [1.82, 2.24) is 10.2 Å². The molecule has 4 heteroatoms. The number of rotatable bonds is 18. The van der Waals surface area contributed by atoms with E-state index in [0.29, 0.717) is 13.2 Å². The van der Waals surface area contributed by atoms with Crippen molar-refractivity contribution in [2.24, 2.45) is 0 Å². The van der Waals surface area contributed by atoms with Crippen LogP contribution in [0.2, 0.25) is 0 Å². The topological polar surface area (TPSA) is 44.7 Å². The van der Waals surface area contributed by atoms with Crippen LogP contribution in [0, 0.1) is 0 Å². The van der Waals surface area contributed by atoms with Crippen LogP contribution in [0.1, 0.15) is 84.0 Å². The Morgan fingerprint density at radius 1 is 0.920 bits per heavy atom. The molecule has 0 spiro atoms. The first-order valence-electron chi connectivity index (χ1n) is 11.0. The van der Waals surface area contributed by atoms with Crippen LogP contribution in [0.3, 0.4) is 0 Å². The summed E-state index contributed by atoms with van der Waals surface area (Å²) in [6, 6.07) is 0. The van der Waals surface area contributed by atoms with Crippen LogP contribution in [-0.2, 0) is 4.74 Å². The van der Waals surface area contributed by atoms with Gasteiger partial charge in [0.05, 0.1) is 12.7 Å². The molecule has 0 bridgehead atoms. The van der Waals surface area contributed by atoms with Gasteiger partial charge in [0.1, 0.15) is 0 Å². The summed E-state index contributed by atoms with van der Waals surface area (Å²) >= 11 is 0. The van der Waals surface area contributed by atoms with E-state index in [4.69, 9.17) is 4.74 Å². The molecule has 4 nitrogen and oxygen atoms in total. The normalized spacial score (nSPS) is 16.6. The highest BCUT2D eigenvalue weighted by Crippen LogP contribution is 2.10. The summed E-state index contributed by atoms with van der Waals surface area (Å²) in [6.45, 7) is 8.73. The fourth-order valence-electron chi connectivity index (χ4n) is 3.48. The smallest absolute Gasteiger partial charge is 0.0897 e. The first-order chi connectivity index (χ1) is 12.3. The summed E-state index contributed by atoms with van der Waals surface area (Å²) in [5.74, 6) is 0. The fourth-order valence-corrected chi connectivity index (χ4v) is 3.48. The van der Waals surface area contributed by atoms with Crippen LogP contribution in [0.25, 0.3) is 0 Å². The van der Waals surface area contributed by atoms with Crippen molar-refractivity contribution >= 4 is 0 Å². The predicted molar refractivity (Wildman–Crippen MR) is 107 cm³/mol. The zero-order valence-electron chi connectivity index (χ0n) is 16.8. The fraction of sp³-hybridized carbons (Fsp3) is 1.00. The number of aliphatic hydroxyl groups is 1. The van der Waals surface area contributed by atoms with Gasteiger partial charge in [0.15, 0.2) is 0 Å². The van der Waals surface area contributed by atoms with Gasteiger partial charge in [0, 0.05) is 26.2 Å². The van der Waals surface area contributed by atoms with Crippen LogP contribution in [0.4, 0.5) is 0 Å². The monoisotopic (exact) mass is 356 g/mol. The number of unbranched alkanes of at least 4 members (excludes halogenated alkanes) is 9. The molecule has 1 aliphatic heterocycles. The van der Waals surface area contributed by atoms with E-state index in [-0.39, 0.29) is 6.10 Å². The van der Waals surface area contributed by atoms with Gasteiger partial charge in [-0.3, -0.25) is 0 Å². The molecule has 2 N–H and O–H groups in total. The second-order valence-corrected chi connectivity index (χ2v) is 7.66. The summed E-state index contributed by atoms with van der Waals surface area (Å²) in [7, 11) is 0. The highest BCUT2D eigenvalue weighted by atomic mass is 16.5. The molecule has 1 unspecified atom stereocenters. The molecule has 0 aromatic rings. The average Bonchev–Trinajstić information content (AvgIpc) is 3.13. The van der Waals surface area contributed by atoms with E-state index in [0.717, 1.165) is 26.1 Å². The van der Waals surface area contributed by atoms with E-state index in [1.807, 2.05) is 0 Å². The second kappa shape index (κ2) is 17.3. The lowest BCUT2D eigenvalue weighted by Gasteiger charge is -2.16. The van der Waals surface area contributed by atoms with Crippen LogP contribution in [0.15, 0.2) is 0 Å². The first kappa shape index (κ1) is 22.9. The van der Waals surface area contributed by atoms with Crippen LogP contribution >= 0.6 is 0 Å². The van der Waals surface area contributed by atoms with Crippen molar-refractivity contribution in [2.45, 2.75) is 90.1 Å². The molecule has 1 atom stereocenters. The number of aliphatic hydroxyl groups excluding tert-OH is 1. The lowest BCUT2D eigenvalue weighted by molar-refractivity contribution is 0.0353. The van der Waals surface area contributed by atoms with Gasteiger partial charge in [0.2, 0.25) is 0 Å².